The maximum Gasteiger partial charge on any atom is 0.125 e. The van der Waals surface area contributed by atoms with Gasteiger partial charge in [0.15, 0.2) is 0 Å². The van der Waals surface area contributed by atoms with Crippen LogP contribution in [0.3, 0.4) is 0 Å². The highest BCUT2D eigenvalue weighted by molar-refractivity contribution is 5.45. The molecule has 1 saturated carbocycles. The topological polar surface area (TPSA) is 15.3 Å². The van der Waals surface area contributed by atoms with E-state index in [1.807, 2.05) is 13.1 Å². The highest BCUT2D eigenvalue weighted by Crippen LogP contribution is 2.18. The number of nitrogens with one attached hydrogen (secondary N) is 1. The predicted molar refractivity (Wildman–Crippen MR) is 79.2 cm³/mol. The number of rotatable bonds is 9. The van der Waals surface area contributed by atoms with Gasteiger partial charge in [-0.1, -0.05) is 18.9 Å². The average Bonchev–Trinajstić information content (AvgIpc) is 3.21. The van der Waals surface area contributed by atoms with Crippen molar-refractivity contribution in [3.8, 4) is 0 Å². The Bertz CT molecular complexity index is 377. The minimum Gasteiger partial charge on any atom is -0.375 e. The molecular weight excluding hydrogens is 239 g/mol. The van der Waals surface area contributed by atoms with E-state index in [4.69, 9.17) is 0 Å². The molecule has 0 unspecified atom stereocenters. The minimum atomic E-state index is -0.157. The Kier molecular flexibility index (Phi) is 5.64. The van der Waals surface area contributed by atoms with E-state index in [0.29, 0.717) is 0 Å². The quantitative estimate of drug-likeness (QED) is 0.686. The Hall–Kier alpha value is -1.09. The van der Waals surface area contributed by atoms with Crippen molar-refractivity contribution in [1.29, 1.82) is 0 Å². The normalized spacial score (nSPS) is 14.6. The fraction of sp³-hybridized carbons (Fsp3) is 0.625. The van der Waals surface area contributed by atoms with Crippen LogP contribution in [0.5, 0.6) is 0 Å². The lowest BCUT2D eigenvalue weighted by molar-refractivity contribution is 0.584. The molecule has 106 valence electrons. The zero-order chi connectivity index (χ0) is 13.5. The van der Waals surface area contributed by atoms with Crippen LogP contribution in [-0.2, 0) is 0 Å². The highest BCUT2D eigenvalue weighted by Gasteiger charge is 2.19. The smallest absolute Gasteiger partial charge is 0.125 e. The van der Waals surface area contributed by atoms with Crippen molar-refractivity contribution < 1.29 is 4.39 Å². The van der Waals surface area contributed by atoms with E-state index in [1.54, 1.807) is 12.1 Å². The van der Waals surface area contributed by atoms with Crippen LogP contribution >= 0.6 is 0 Å². The maximum absolute atomic E-state index is 13.1. The highest BCUT2D eigenvalue weighted by atomic mass is 19.1. The van der Waals surface area contributed by atoms with Crippen LogP contribution in [0.25, 0.3) is 0 Å². The van der Waals surface area contributed by atoms with Crippen molar-refractivity contribution in [2.75, 3.05) is 25.0 Å². The second-order valence-corrected chi connectivity index (χ2v) is 5.54. The first-order valence-corrected chi connectivity index (χ1v) is 7.46. The minimum absolute atomic E-state index is 0.157. The van der Waals surface area contributed by atoms with Crippen molar-refractivity contribution in [3.05, 3.63) is 30.1 Å². The van der Waals surface area contributed by atoms with Gasteiger partial charge in [-0.2, -0.15) is 0 Å². The lowest BCUT2D eigenvalue weighted by Crippen LogP contribution is -2.19. The molecule has 1 aromatic carbocycles. The Morgan fingerprint density at radius 3 is 2.74 bits per heavy atom. The lowest BCUT2D eigenvalue weighted by atomic mass is 10.2. The molecule has 0 saturated heterocycles. The van der Waals surface area contributed by atoms with Gasteiger partial charge in [-0.3, -0.25) is 0 Å². The second-order valence-electron chi connectivity index (χ2n) is 5.54. The fourth-order valence-electron chi connectivity index (χ4n) is 2.26. The first-order chi connectivity index (χ1) is 9.25. The van der Waals surface area contributed by atoms with Gasteiger partial charge < -0.3 is 10.2 Å². The van der Waals surface area contributed by atoms with E-state index in [1.165, 1.54) is 51.1 Å². The van der Waals surface area contributed by atoms with Crippen LogP contribution in [0.15, 0.2) is 24.3 Å². The molecule has 2 rings (SSSR count). The second kappa shape index (κ2) is 7.49. The molecule has 1 N–H and O–H groups in total. The van der Waals surface area contributed by atoms with Crippen LogP contribution in [0, 0.1) is 5.82 Å². The summed E-state index contributed by atoms with van der Waals surface area (Å²) in [6, 6.07) is 7.65. The molecule has 1 fully saturated rings. The number of unbranched alkanes of at least 4 members (excludes halogenated alkanes) is 3. The molecule has 0 radical (unpaired) electrons. The van der Waals surface area contributed by atoms with E-state index in [0.717, 1.165) is 18.3 Å². The molecule has 1 aliphatic rings. The Balaban J connectivity index is 1.52. The monoisotopic (exact) mass is 264 g/mol. The maximum atomic E-state index is 13.1. The molecule has 19 heavy (non-hydrogen) atoms. The first kappa shape index (κ1) is 14.3. The van der Waals surface area contributed by atoms with E-state index < -0.39 is 0 Å². The third-order valence-electron chi connectivity index (χ3n) is 3.68. The van der Waals surface area contributed by atoms with Gasteiger partial charge in [-0.25, -0.2) is 4.39 Å². The van der Waals surface area contributed by atoms with Crippen molar-refractivity contribution in [3.63, 3.8) is 0 Å². The van der Waals surface area contributed by atoms with Gasteiger partial charge in [0, 0.05) is 25.3 Å². The number of nitrogens with zero attached hydrogens (tertiary/aromatic N) is 1. The molecule has 0 aliphatic heterocycles. The Labute approximate surface area is 116 Å². The summed E-state index contributed by atoms with van der Waals surface area (Å²) in [5, 5.41) is 3.54. The number of anilines is 1. The zero-order valence-electron chi connectivity index (χ0n) is 11.9. The third-order valence-corrected chi connectivity index (χ3v) is 3.68. The molecule has 0 spiro atoms. The predicted octanol–water partition coefficient (Wildman–Crippen LogP) is 3.57. The van der Waals surface area contributed by atoms with E-state index in [2.05, 4.69) is 10.2 Å². The fourth-order valence-corrected chi connectivity index (χ4v) is 2.26. The number of halogens is 1. The molecule has 0 heterocycles. The van der Waals surface area contributed by atoms with E-state index in [-0.39, 0.29) is 5.82 Å². The van der Waals surface area contributed by atoms with E-state index >= 15 is 0 Å². The molecule has 1 aromatic rings. The largest absolute Gasteiger partial charge is 0.375 e. The number of hydrogen-bond acceptors (Lipinski definition) is 2. The van der Waals surface area contributed by atoms with Gasteiger partial charge in [-0.15, -0.1) is 0 Å². The van der Waals surface area contributed by atoms with Crippen LogP contribution in [0.4, 0.5) is 10.1 Å². The van der Waals surface area contributed by atoms with Crippen molar-refractivity contribution >= 4 is 5.69 Å². The van der Waals surface area contributed by atoms with Crippen molar-refractivity contribution in [1.82, 2.24) is 5.32 Å². The van der Waals surface area contributed by atoms with Crippen molar-refractivity contribution in [2.45, 2.75) is 44.6 Å². The molecule has 0 aromatic heterocycles. The molecule has 3 heteroatoms. The van der Waals surface area contributed by atoms with Gasteiger partial charge in [0.2, 0.25) is 0 Å². The number of hydrogen-bond donors (Lipinski definition) is 1. The summed E-state index contributed by atoms with van der Waals surface area (Å²) >= 11 is 0. The summed E-state index contributed by atoms with van der Waals surface area (Å²) in [5.74, 6) is -0.157. The van der Waals surface area contributed by atoms with Crippen molar-refractivity contribution in [2.24, 2.45) is 0 Å². The summed E-state index contributed by atoms with van der Waals surface area (Å²) in [4.78, 5) is 2.13. The van der Waals surface area contributed by atoms with E-state index in [9.17, 15) is 4.39 Å². The summed E-state index contributed by atoms with van der Waals surface area (Å²) in [7, 11) is 2.03. The molecule has 2 nitrogen and oxygen atoms in total. The van der Waals surface area contributed by atoms with Gasteiger partial charge >= 0.3 is 0 Å². The lowest BCUT2D eigenvalue weighted by Gasteiger charge is -2.19. The summed E-state index contributed by atoms with van der Waals surface area (Å²) in [5.41, 5.74) is 0.968. The summed E-state index contributed by atoms with van der Waals surface area (Å²) in [6.07, 6.45) is 7.75. The molecule has 1 aliphatic carbocycles. The molecular formula is C16H25FN2. The molecule has 0 amide bonds. The third kappa shape index (κ3) is 5.60. The standard InChI is InChI=1S/C16H25FN2/c1-19(16-8-6-7-14(17)13-16)12-5-3-2-4-11-18-15-9-10-15/h6-8,13,15,18H,2-5,9-12H2,1H3. The van der Waals surface area contributed by atoms with Gasteiger partial charge in [0.1, 0.15) is 5.82 Å². The zero-order valence-corrected chi connectivity index (χ0v) is 11.9. The van der Waals surface area contributed by atoms with Gasteiger partial charge in [0.25, 0.3) is 0 Å². The van der Waals surface area contributed by atoms with Gasteiger partial charge in [0.05, 0.1) is 0 Å². The van der Waals surface area contributed by atoms with Crippen LogP contribution in [-0.4, -0.2) is 26.2 Å². The molecule has 0 bridgehead atoms. The first-order valence-electron chi connectivity index (χ1n) is 7.46. The SMILES string of the molecule is CN(CCCCCCNC1CC1)c1cccc(F)c1. The van der Waals surface area contributed by atoms with Crippen LogP contribution in [0.2, 0.25) is 0 Å². The summed E-state index contributed by atoms with van der Waals surface area (Å²) < 4.78 is 13.1. The number of benzene rings is 1. The van der Waals surface area contributed by atoms with Crippen LogP contribution < -0.4 is 10.2 Å². The van der Waals surface area contributed by atoms with Crippen LogP contribution in [0.1, 0.15) is 38.5 Å². The Morgan fingerprint density at radius 1 is 1.21 bits per heavy atom. The summed E-state index contributed by atoms with van der Waals surface area (Å²) in [6.45, 7) is 2.17. The Morgan fingerprint density at radius 2 is 2.00 bits per heavy atom. The van der Waals surface area contributed by atoms with Gasteiger partial charge in [-0.05, 0) is 50.4 Å². The molecule has 0 atom stereocenters. The average molecular weight is 264 g/mol.